The van der Waals surface area contributed by atoms with Gasteiger partial charge in [-0.3, -0.25) is 4.79 Å². The number of anilines is 1. The van der Waals surface area contributed by atoms with Crippen LogP contribution in [0.25, 0.3) is 6.08 Å². The summed E-state index contributed by atoms with van der Waals surface area (Å²) in [6, 6.07) is 14.0. The van der Waals surface area contributed by atoms with E-state index in [1.54, 1.807) is 37.5 Å². The van der Waals surface area contributed by atoms with Gasteiger partial charge in [-0.25, -0.2) is 4.79 Å². The molecule has 5 nitrogen and oxygen atoms in total. The van der Waals surface area contributed by atoms with Gasteiger partial charge in [-0.15, -0.1) is 0 Å². The van der Waals surface area contributed by atoms with Gasteiger partial charge in [0.05, 0.1) is 19.3 Å². The summed E-state index contributed by atoms with van der Waals surface area (Å²) in [7, 11) is 1.61. The van der Waals surface area contributed by atoms with Gasteiger partial charge in [0.1, 0.15) is 5.75 Å². The smallest absolute Gasteiger partial charge is 0.338 e. The van der Waals surface area contributed by atoms with Crippen LogP contribution in [-0.4, -0.2) is 25.6 Å². The minimum absolute atomic E-state index is 0.251. The van der Waals surface area contributed by atoms with Gasteiger partial charge in [-0.1, -0.05) is 25.5 Å². The molecule has 136 valence electrons. The fraction of sp³-hybridized carbons (Fsp3) is 0.238. The van der Waals surface area contributed by atoms with Crippen LogP contribution in [0.3, 0.4) is 0 Å². The lowest BCUT2D eigenvalue weighted by Crippen LogP contribution is -2.09. The molecular formula is C21H23NO4. The molecule has 0 saturated heterocycles. The van der Waals surface area contributed by atoms with Crippen molar-refractivity contribution >= 4 is 23.6 Å². The van der Waals surface area contributed by atoms with Crippen LogP contribution in [0.4, 0.5) is 5.69 Å². The molecule has 0 saturated carbocycles. The molecular weight excluding hydrogens is 330 g/mol. The minimum atomic E-state index is -0.351. The molecule has 2 aromatic carbocycles. The van der Waals surface area contributed by atoms with Gasteiger partial charge in [-0.05, 0) is 54.5 Å². The Morgan fingerprint density at radius 1 is 1.04 bits per heavy atom. The molecule has 0 bridgehead atoms. The fourth-order valence-corrected chi connectivity index (χ4v) is 2.15. The van der Waals surface area contributed by atoms with Crippen LogP contribution in [0.1, 0.15) is 35.7 Å². The van der Waals surface area contributed by atoms with Gasteiger partial charge in [-0.2, -0.15) is 0 Å². The summed E-state index contributed by atoms with van der Waals surface area (Å²) in [5.74, 6) is 0.162. The van der Waals surface area contributed by atoms with Crippen LogP contribution in [0.15, 0.2) is 54.6 Å². The van der Waals surface area contributed by atoms with Gasteiger partial charge in [0.15, 0.2) is 0 Å². The maximum Gasteiger partial charge on any atom is 0.338 e. The van der Waals surface area contributed by atoms with Crippen molar-refractivity contribution in [1.82, 2.24) is 0 Å². The third kappa shape index (κ3) is 6.09. The van der Waals surface area contributed by atoms with Crippen molar-refractivity contribution in [3.63, 3.8) is 0 Å². The van der Waals surface area contributed by atoms with E-state index in [1.807, 2.05) is 31.2 Å². The molecule has 0 radical (unpaired) electrons. The number of hydrogen-bond acceptors (Lipinski definition) is 4. The minimum Gasteiger partial charge on any atom is -0.497 e. The first kappa shape index (κ1) is 19.2. The lowest BCUT2D eigenvalue weighted by atomic mass is 10.2. The number of rotatable bonds is 8. The van der Waals surface area contributed by atoms with E-state index in [-0.39, 0.29) is 11.9 Å². The van der Waals surface area contributed by atoms with E-state index in [1.165, 1.54) is 6.08 Å². The molecule has 1 N–H and O–H groups in total. The predicted molar refractivity (Wildman–Crippen MR) is 102 cm³/mol. The number of benzene rings is 2. The predicted octanol–water partition coefficient (Wildman–Crippen LogP) is 4.30. The monoisotopic (exact) mass is 353 g/mol. The third-order valence-electron chi connectivity index (χ3n) is 3.66. The average molecular weight is 353 g/mol. The Bertz CT molecular complexity index is 749. The fourth-order valence-electron chi connectivity index (χ4n) is 2.15. The molecule has 0 aliphatic carbocycles. The lowest BCUT2D eigenvalue weighted by Gasteiger charge is -2.06. The number of hydrogen-bond donors (Lipinski definition) is 1. The van der Waals surface area contributed by atoms with E-state index in [4.69, 9.17) is 9.47 Å². The highest BCUT2D eigenvalue weighted by Gasteiger charge is 2.07. The molecule has 0 aliphatic rings. The second kappa shape index (κ2) is 10.0. The molecule has 2 aromatic rings. The molecule has 2 rings (SSSR count). The standard InChI is InChI=1S/C21H23NO4/c1-3-4-15-26-21(24)17-8-10-18(11-9-17)22-20(23)14-7-16-5-12-19(25-2)13-6-16/h5-14H,3-4,15H2,1-2H3,(H,22,23). The van der Waals surface area contributed by atoms with E-state index in [0.717, 1.165) is 24.2 Å². The summed E-state index contributed by atoms with van der Waals surface area (Å²) in [6.07, 6.45) is 4.99. The van der Waals surface area contributed by atoms with Crippen molar-refractivity contribution in [3.05, 3.63) is 65.7 Å². The quantitative estimate of drug-likeness (QED) is 0.436. The van der Waals surface area contributed by atoms with Gasteiger partial charge >= 0.3 is 5.97 Å². The summed E-state index contributed by atoms with van der Waals surface area (Å²) < 4.78 is 10.2. The van der Waals surface area contributed by atoms with Crippen molar-refractivity contribution in [1.29, 1.82) is 0 Å². The molecule has 1 amide bonds. The zero-order valence-corrected chi connectivity index (χ0v) is 15.0. The first-order valence-corrected chi connectivity index (χ1v) is 8.52. The summed E-state index contributed by atoms with van der Waals surface area (Å²) in [4.78, 5) is 23.8. The first-order chi connectivity index (χ1) is 12.6. The number of ether oxygens (including phenoxy) is 2. The Kier molecular flexibility index (Phi) is 7.43. The molecule has 26 heavy (non-hydrogen) atoms. The van der Waals surface area contributed by atoms with Crippen LogP contribution in [0, 0.1) is 0 Å². The zero-order chi connectivity index (χ0) is 18.8. The maximum absolute atomic E-state index is 12.0. The number of carbonyl (C=O) groups is 2. The average Bonchev–Trinajstić information content (AvgIpc) is 2.67. The second-order valence-corrected chi connectivity index (χ2v) is 5.66. The van der Waals surface area contributed by atoms with Crippen molar-refractivity contribution in [3.8, 4) is 5.75 Å². The van der Waals surface area contributed by atoms with E-state index in [9.17, 15) is 9.59 Å². The number of methoxy groups -OCH3 is 1. The second-order valence-electron chi connectivity index (χ2n) is 5.66. The van der Waals surface area contributed by atoms with Crippen molar-refractivity contribution < 1.29 is 19.1 Å². The maximum atomic E-state index is 12.0. The van der Waals surface area contributed by atoms with Gasteiger partial charge in [0.2, 0.25) is 5.91 Å². The van der Waals surface area contributed by atoms with E-state index >= 15 is 0 Å². The van der Waals surface area contributed by atoms with Crippen LogP contribution in [-0.2, 0) is 9.53 Å². The molecule has 0 unspecified atom stereocenters. The Hall–Kier alpha value is -3.08. The van der Waals surface area contributed by atoms with Crippen LogP contribution in [0.2, 0.25) is 0 Å². The lowest BCUT2D eigenvalue weighted by molar-refractivity contribution is -0.111. The Balaban J connectivity index is 1.88. The summed E-state index contributed by atoms with van der Waals surface area (Å²) in [5, 5.41) is 2.75. The number of unbranched alkanes of at least 4 members (excludes halogenated alkanes) is 1. The van der Waals surface area contributed by atoms with Crippen molar-refractivity contribution in [2.24, 2.45) is 0 Å². The number of carbonyl (C=O) groups excluding carboxylic acids is 2. The molecule has 0 atom stereocenters. The van der Waals surface area contributed by atoms with E-state index in [2.05, 4.69) is 5.32 Å². The third-order valence-corrected chi connectivity index (χ3v) is 3.66. The van der Waals surface area contributed by atoms with Crippen LogP contribution >= 0.6 is 0 Å². The Morgan fingerprint density at radius 2 is 1.73 bits per heavy atom. The van der Waals surface area contributed by atoms with E-state index < -0.39 is 0 Å². The number of amides is 1. The summed E-state index contributed by atoms with van der Waals surface area (Å²) in [5.41, 5.74) is 1.97. The molecule has 0 fully saturated rings. The highest BCUT2D eigenvalue weighted by Crippen LogP contribution is 2.13. The zero-order valence-electron chi connectivity index (χ0n) is 15.0. The van der Waals surface area contributed by atoms with Gasteiger partial charge in [0, 0.05) is 11.8 Å². The molecule has 5 heteroatoms. The Morgan fingerprint density at radius 3 is 2.35 bits per heavy atom. The van der Waals surface area contributed by atoms with E-state index in [0.29, 0.717) is 17.9 Å². The number of esters is 1. The summed E-state index contributed by atoms with van der Waals surface area (Å²) in [6.45, 7) is 2.46. The van der Waals surface area contributed by atoms with Crippen LogP contribution in [0.5, 0.6) is 5.75 Å². The summed E-state index contributed by atoms with van der Waals surface area (Å²) >= 11 is 0. The molecule has 0 aromatic heterocycles. The highest BCUT2D eigenvalue weighted by molar-refractivity contribution is 6.02. The van der Waals surface area contributed by atoms with Gasteiger partial charge < -0.3 is 14.8 Å². The number of nitrogens with one attached hydrogen (secondary N) is 1. The Labute approximate surface area is 153 Å². The largest absolute Gasteiger partial charge is 0.497 e. The topological polar surface area (TPSA) is 64.6 Å². The molecule has 0 aliphatic heterocycles. The van der Waals surface area contributed by atoms with Gasteiger partial charge in [0.25, 0.3) is 0 Å². The molecule has 0 heterocycles. The van der Waals surface area contributed by atoms with Crippen molar-refractivity contribution in [2.75, 3.05) is 19.0 Å². The molecule has 0 spiro atoms. The highest BCUT2D eigenvalue weighted by atomic mass is 16.5. The first-order valence-electron chi connectivity index (χ1n) is 8.52. The van der Waals surface area contributed by atoms with Crippen molar-refractivity contribution in [2.45, 2.75) is 19.8 Å². The van der Waals surface area contributed by atoms with Crippen LogP contribution < -0.4 is 10.1 Å². The normalized spacial score (nSPS) is 10.5. The SMILES string of the molecule is CCCCOC(=O)c1ccc(NC(=O)C=Cc2ccc(OC)cc2)cc1.